The lowest BCUT2D eigenvalue weighted by Gasteiger charge is -2.12. The Hall–Kier alpha value is -3.25. The fourth-order valence-corrected chi connectivity index (χ4v) is 4.41. The quantitative estimate of drug-likeness (QED) is 0.546. The van der Waals surface area contributed by atoms with Crippen molar-refractivity contribution in [2.75, 3.05) is 11.1 Å². The van der Waals surface area contributed by atoms with E-state index in [1.54, 1.807) is 66.7 Å². The van der Waals surface area contributed by atoms with Crippen molar-refractivity contribution in [1.82, 2.24) is 0 Å². The van der Waals surface area contributed by atoms with Gasteiger partial charge in [-0.25, -0.2) is 8.42 Å². The summed E-state index contributed by atoms with van der Waals surface area (Å²) >= 11 is 0. The highest BCUT2D eigenvalue weighted by Crippen LogP contribution is 2.22. The first-order valence-corrected chi connectivity index (χ1v) is 11.3. The molecule has 0 aromatic heterocycles. The first-order valence-electron chi connectivity index (χ1n) is 9.65. The van der Waals surface area contributed by atoms with Crippen molar-refractivity contribution in [2.45, 2.75) is 24.7 Å². The molecule has 0 heterocycles. The molecule has 0 saturated heterocycles. The molecular weight excluding hydrogens is 398 g/mol. The van der Waals surface area contributed by atoms with Gasteiger partial charge in [0.25, 0.3) is 0 Å². The van der Waals surface area contributed by atoms with Crippen LogP contribution in [0.15, 0.2) is 83.8 Å². The molecule has 0 aliphatic carbocycles. The molecule has 0 bridgehead atoms. The van der Waals surface area contributed by atoms with Gasteiger partial charge in [0.1, 0.15) is 0 Å². The average molecular weight is 422 g/mol. The smallest absolute Gasteiger partial charge is 0.224 e. The molecule has 5 nitrogen and oxygen atoms in total. The fraction of sp³-hybridized carbons (Fsp3) is 0.167. The molecule has 30 heavy (non-hydrogen) atoms. The lowest BCUT2D eigenvalue weighted by Crippen LogP contribution is -2.16. The molecule has 0 aliphatic rings. The predicted octanol–water partition coefficient (Wildman–Crippen LogP) is 4.42. The van der Waals surface area contributed by atoms with Crippen molar-refractivity contribution in [3.8, 4) is 0 Å². The molecule has 0 atom stereocenters. The van der Waals surface area contributed by atoms with E-state index >= 15 is 0 Å². The highest BCUT2D eigenvalue weighted by molar-refractivity contribution is 7.91. The number of rotatable bonds is 8. The number of carbonyl (C=O) groups excluding carboxylic acids is 2. The molecule has 0 saturated carbocycles. The van der Waals surface area contributed by atoms with Gasteiger partial charge < -0.3 is 5.32 Å². The first kappa shape index (κ1) is 21.5. The Balaban J connectivity index is 1.66. The Bertz CT molecular complexity index is 1140. The van der Waals surface area contributed by atoms with Crippen LogP contribution in [-0.4, -0.2) is 25.9 Å². The zero-order valence-electron chi connectivity index (χ0n) is 16.7. The van der Waals surface area contributed by atoms with Crippen molar-refractivity contribution in [1.29, 1.82) is 0 Å². The van der Waals surface area contributed by atoms with Crippen molar-refractivity contribution >= 4 is 27.2 Å². The predicted molar refractivity (Wildman–Crippen MR) is 117 cm³/mol. The lowest BCUT2D eigenvalue weighted by atomic mass is 9.99. The summed E-state index contributed by atoms with van der Waals surface area (Å²) in [5, 5.41) is 2.76. The van der Waals surface area contributed by atoms with Gasteiger partial charge >= 0.3 is 0 Å². The molecule has 6 heteroatoms. The average Bonchev–Trinajstić information content (AvgIpc) is 2.75. The minimum Gasteiger partial charge on any atom is -0.325 e. The molecule has 154 valence electrons. The van der Waals surface area contributed by atoms with Gasteiger partial charge in [0.2, 0.25) is 5.91 Å². The molecule has 0 spiro atoms. The maximum absolute atomic E-state index is 12.9. The number of carbonyl (C=O) groups is 2. The summed E-state index contributed by atoms with van der Waals surface area (Å²) in [5.74, 6) is -0.626. The van der Waals surface area contributed by atoms with Gasteiger partial charge in [-0.2, -0.15) is 0 Å². The Kier molecular flexibility index (Phi) is 6.79. The van der Waals surface area contributed by atoms with Crippen molar-refractivity contribution < 1.29 is 18.0 Å². The number of hydrogen-bond donors (Lipinski definition) is 1. The van der Waals surface area contributed by atoms with E-state index in [0.29, 0.717) is 16.8 Å². The lowest BCUT2D eigenvalue weighted by molar-refractivity contribution is -0.116. The third-order valence-electron chi connectivity index (χ3n) is 4.65. The molecule has 0 aliphatic heterocycles. The van der Waals surface area contributed by atoms with Gasteiger partial charge in [-0.1, -0.05) is 60.2 Å². The summed E-state index contributed by atoms with van der Waals surface area (Å²) in [5.41, 5.74) is 2.27. The van der Waals surface area contributed by atoms with E-state index in [2.05, 4.69) is 5.32 Å². The number of nitrogens with one attached hydrogen (secondary N) is 1. The Morgan fingerprint density at radius 3 is 2.17 bits per heavy atom. The second-order valence-electron chi connectivity index (χ2n) is 7.03. The number of benzene rings is 3. The highest BCUT2D eigenvalue weighted by Gasteiger charge is 2.17. The SMILES string of the molecule is Cc1ccc(NC(=O)CCCS(=O)(=O)c2ccccc2)c(C(=O)c2ccccc2)c1. The van der Waals surface area contributed by atoms with E-state index in [1.165, 1.54) is 0 Å². The Labute approximate surface area is 176 Å². The molecular formula is C24H23NO4S. The van der Waals surface area contributed by atoms with Gasteiger partial charge in [-0.05, 0) is 37.6 Å². The van der Waals surface area contributed by atoms with E-state index in [-0.39, 0.29) is 35.2 Å². The number of ketones is 1. The molecule has 3 rings (SSSR count). The molecule has 0 unspecified atom stereocenters. The van der Waals surface area contributed by atoms with Crippen LogP contribution in [0.25, 0.3) is 0 Å². The normalized spacial score (nSPS) is 11.1. The maximum Gasteiger partial charge on any atom is 0.224 e. The molecule has 3 aromatic carbocycles. The third-order valence-corrected chi connectivity index (χ3v) is 6.47. The molecule has 0 fully saturated rings. The minimum absolute atomic E-state index is 0.0406. The fourth-order valence-electron chi connectivity index (χ4n) is 3.08. The topological polar surface area (TPSA) is 80.3 Å². The van der Waals surface area contributed by atoms with Crippen LogP contribution in [0.3, 0.4) is 0 Å². The molecule has 3 aromatic rings. The number of amides is 1. The molecule has 1 amide bonds. The zero-order valence-corrected chi connectivity index (χ0v) is 17.5. The summed E-state index contributed by atoms with van der Waals surface area (Å²) in [7, 11) is -3.43. The first-order chi connectivity index (χ1) is 14.4. The highest BCUT2D eigenvalue weighted by atomic mass is 32.2. The van der Waals surface area contributed by atoms with Crippen LogP contribution < -0.4 is 5.32 Å². The summed E-state index contributed by atoms with van der Waals surface area (Å²) in [6.45, 7) is 1.88. The Morgan fingerprint density at radius 1 is 0.867 bits per heavy atom. The van der Waals surface area contributed by atoms with E-state index in [9.17, 15) is 18.0 Å². The van der Waals surface area contributed by atoms with Crippen LogP contribution in [0.5, 0.6) is 0 Å². The van der Waals surface area contributed by atoms with Crippen LogP contribution in [-0.2, 0) is 14.6 Å². The second-order valence-corrected chi connectivity index (χ2v) is 9.14. The number of anilines is 1. The summed E-state index contributed by atoms with van der Waals surface area (Å²) in [6, 6.07) is 22.3. The van der Waals surface area contributed by atoms with Gasteiger partial charge in [-0.3, -0.25) is 9.59 Å². The summed E-state index contributed by atoms with van der Waals surface area (Å²) in [6.07, 6.45) is 0.232. The standard InChI is InChI=1S/C24H23NO4S/c1-18-14-15-22(21(17-18)24(27)19-9-4-2-5-10-19)25-23(26)13-8-16-30(28,29)20-11-6-3-7-12-20/h2-7,9-12,14-15,17H,8,13,16H2,1H3,(H,25,26). The third kappa shape index (κ3) is 5.42. The molecule has 0 radical (unpaired) electrons. The largest absolute Gasteiger partial charge is 0.325 e. The van der Waals surface area contributed by atoms with Gasteiger partial charge in [0.05, 0.1) is 16.3 Å². The van der Waals surface area contributed by atoms with Gasteiger partial charge in [0.15, 0.2) is 15.6 Å². The van der Waals surface area contributed by atoms with Gasteiger partial charge in [-0.15, -0.1) is 0 Å². The number of aryl methyl sites for hydroxylation is 1. The number of sulfone groups is 1. The van der Waals surface area contributed by atoms with E-state index in [0.717, 1.165) is 5.56 Å². The maximum atomic E-state index is 12.9. The van der Waals surface area contributed by atoms with E-state index in [4.69, 9.17) is 0 Å². The monoisotopic (exact) mass is 421 g/mol. The minimum atomic E-state index is -3.43. The van der Waals surface area contributed by atoms with Crippen molar-refractivity contribution in [3.63, 3.8) is 0 Å². The van der Waals surface area contributed by atoms with Crippen LogP contribution >= 0.6 is 0 Å². The van der Waals surface area contributed by atoms with E-state index in [1.807, 2.05) is 19.1 Å². The van der Waals surface area contributed by atoms with Crippen molar-refractivity contribution in [2.24, 2.45) is 0 Å². The zero-order chi connectivity index (χ0) is 21.6. The summed E-state index contributed by atoms with van der Waals surface area (Å²) in [4.78, 5) is 25.5. The molecule has 1 N–H and O–H groups in total. The summed E-state index contributed by atoms with van der Waals surface area (Å²) < 4.78 is 24.7. The van der Waals surface area contributed by atoms with Crippen LogP contribution in [0.4, 0.5) is 5.69 Å². The van der Waals surface area contributed by atoms with E-state index < -0.39 is 9.84 Å². The van der Waals surface area contributed by atoms with Crippen LogP contribution in [0, 0.1) is 6.92 Å². The second kappa shape index (κ2) is 9.50. The van der Waals surface area contributed by atoms with Crippen molar-refractivity contribution in [3.05, 3.63) is 95.6 Å². The van der Waals surface area contributed by atoms with Crippen LogP contribution in [0.1, 0.15) is 34.3 Å². The Morgan fingerprint density at radius 2 is 1.50 bits per heavy atom. The number of hydrogen-bond acceptors (Lipinski definition) is 4. The van der Waals surface area contributed by atoms with Crippen LogP contribution in [0.2, 0.25) is 0 Å². The van der Waals surface area contributed by atoms with Gasteiger partial charge in [0, 0.05) is 17.5 Å².